The molecule has 8 heteroatoms. The summed E-state index contributed by atoms with van der Waals surface area (Å²) in [4.78, 5) is 25.5. The maximum absolute atomic E-state index is 12.9. The molecule has 0 spiro atoms. The van der Waals surface area contributed by atoms with Gasteiger partial charge in [-0.05, 0) is 52.4 Å². The Balaban J connectivity index is 1.73. The van der Waals surface area contributed by atoms with Gasteiger partial charge < -0.3 is 15.1 Å². The number of urea groups is 1. The summed E-state index contributed by atoms with van der Waals surface area (Å²) < 4.78 is 0. The van der Waals surface area contributed by atoms with Gasteiger partial charge in [0.15, 0.2) is 0 Å². The molecule has 2 aromatic rings. The number of carbonyl (C=O) groups excluding carboxylic acids is 1. The first-order valence-electron chi connectivity index (χ1n) is 9.92. The molecular formula is C21H27Cl2N5O. The Bertz CT molecular complexity index is 840. The van der Waals surface area contributed by atoms with Crippen molar-refractivity contribution in [2.24, 2.45) is 0 Å². The number of amides is 2. The first kappa shape index (κ1) is 21.8. The van der Waals surface area contributed by atoms with Crippen molar-refractivity contribution in [1.29, 1.82) is 0 Å². The lowest BCUT2D eigenvalue weighted by molar-refractivity contribution is 0.133. The van der Waals surface area contributed by atoms with Gasteiger partial charge in [0.25, 0.3) is 0 Å². The Labute approximate surface area is 182 Å². The zero-order chi connectivity index (χ0) is 21.0. The third-order valence-corrected chi connectivity index (χ3v) is 6.38. The van der Waals surface area contributed by atoms with Crippen LogP contribution in [0.15, 0.2) is 30.7 Å². The number of rotatable bonds is 5. The Kier molecular flexibility index (Phi) is 7.33. The average Bonchev–Trinajstić information content (AvgIpc) is 2.72. The monoisotopic (exact) mass is 435 g/mol. The highest BCUT2D eigenvalue weighted by Crippen LogP contribution is 2.37. The van der Waals surface area contributed by atoms with Gasteiger partial charge in [0.2, 0.25) is 0 Å². The van der Waals surface area contributed by atoms with Gasteiger partial charge in [-0.15, -0.1) is 0 Å². The molecule has 1 N–H and O–H groups in total. The zero-order valence-corrected chi connectivity index (χ0v) is 18.5. The number of nitrogens with one attached hydrogen (secondary N) is 1. The summed E-state index contributed by atoms with van der Waals surface area (Å²) in [5.41, 5.74) is 2.15. The number of carbonyl (C=O) groups is 1. The van der Waals surface area contributed by atoms with E-state index in [9.17, 15) is 4.79 Å². The Morgan fingerprint density at radius 1 is 1.28 bits per heavy atom. The van der Waals surface area contributed by atoms with Gasteiger partial charge in [0.1, 0.15) is 0 Å². The molecule has 1 atom stereocenters. The summed E-state index contributed by atoms with van der Waals surface area (Å²) >= 11 is 13.1. The van der Waals surface area contributed by atoms with E-state index in [4.69, 9.17) is 23.2 Å². The van der Waals surface area contributed by atoms with Crippen LogP contribution in [-0.2, 0) is 0 Å². The van der Waals surface area contributed by atoms with Gasteiger partial charge >= 0.3 is 6.03 Å². The second kappa shape index (κ2) is 9.74. The van der Waals surface area contributed by atoms with E-state index in [1.165, 1.54) is 0 Å². The van der Waals surface area contributed by atoms with E-state index >= 15 is 0 Å². The third-order valence-electron chi connectivity index (χ3n) is 5.49. The largest absolute Gasteiger partial charge is 0.331 e. The lowest BCUT2D eigenvalue weighted by atomic mass is 10.0. The zero-order valence-electron chi connectivity index (χ0n) is 17.0. The number of hydrogen-bond donors (Lipinski definition) is 1. The minimum atomic E-state index is -0.274. The van der Waals surface area contributed by atoms with Crippen LogP contribution in [0.3, 0.4) is 0 Å². The van der Waals surface area contributed by atoms with Crippen molar-refractivity contribution in [2.45, 2.75) is 38.8 Å². The molecule has 6 nitrogen and oxygen atoms in total. The van der Waals surface area contributed by atoms with Crippen LogP contribution in [0.4, 0.5) is 4.79 Å². The molecule has 1 aromatic carbocycles. The van der Waals surface area contributed by atoms with Crippen molar-refractivity contribution < 1.29 is 4.79 Å². The SMILES string of the molecule is CCN(C(=O)NC(C)c1ccc(-c2cnccn2)c(Cl)c1Cl)C1CCN(C)CC1. The first-order chi connectivity index (χ1) is 13.9. The number of aromatic nitrogens is 2. The Hall–Kier alpha value is -1.89. The second-order valence-electron chi connectivity index (χ2n) is 7.41. The van der Waals surface area contributed by atoms with Crippen LogP contribution in [0.2, 0.25) is 10.0 Å². The van der Waals surface area contributed by atoms with Crippen LogP contribution in [0.25, 0.3) is 11.3 Å². The number of likely N-dealkylation sites (tertiary alicyclic amines) is 1. The van der Waals surface area contributed by atoms with Gasteiger partial charge in [-0.3, -0.25) is 9.97 Å². The van der Waals surface area contributed by atoms with Crippen molar-refractivity contribution in [2.75, 3.05) is 26.7 Å². The summed E-state index contributed by atoms with van der Waals surface area (Å²) in [6, 6.07) is 3.67. The van der Waals surface area contributed by atoms with Crippen LogP contribution >= 0.6 is 23.2 Å². The van der Waals surface area contributed by atoms with E-state index in [0.717, 1.165) is 31.5 Å². The highest BCUT2D eigenvalue weighted by molar-refractivity contribution is 6.44. The molecule has 0 radical (unpaired) electrons. The second-order valence-corrected chi connectivity index (χ2v) is 8.17. The standard InChI is InChI=1S/C21H27Cl2N5O/c1-4-28(15-7-11-27(3)12-8-15)21(29)26-14(2)16-5-6-17(20(23)19(16)22)18-13-24-9-10-25-18/h5-6,9-10,13-15H,4,7-8,11-12H2,1-3H3,(H,26,29). The number of halogens is 2. The molecule has 1 aliphatic rings. The van der Waals surface area contributed by atoms with E-state index in [0.29, 0.717) is 27.8 Å². The number of hydrogen-bond acceptors (Lipinski definition) is 4. The smallest absolute Gasteiger partial charge is 0.318 e. The number of benzene rings is 1. The topological polar surface area (TPSA) is 61.4 Å². The summed E-state index contributed by atoms with van der Waals surface area (Å²) in [7, 11) is 2.12. The van der Waals surface area contributed by atoms with E-state index in [2.05, 4.69) is 27.2 Å². The van der Waals surface area contributed by atoms with Crippen LogP contribution < -0.4 is 5.32 Å². The lowest BCUT2D eigenvalue weighted by Crippen LogP contribution is -2.50. The van der Waals surface area contributed by atoms with E-state index in [1.807, 2.05) is 30.9 Å². The molecule has 1 aromatic heterocycles. The Morgan fingerprint density at radius 2 is 2.00 bits per heavy atom. The third kappa shape index (κ3) is 5.00. The van der Waals surface area contributed by atoms with E-state index < -0.39 is 0 Å². The number of nitrogens with zero attached hydrogens (tertiary/aromatic N) is 4. The minimum Gasteiger partial charge on any atom is -0.331 e. The Morgan fingerprint density at radius 3 is 2.62 bits per heavy atom. The first-order valence-corrected chi connectivity index (χ1v) is 10.7. The predicted octanol–water partition coefficient (Wildman–Crippen LogP) is 4.64. The quantitative estimate of drug-likeness (QED) is 0.742. The van der Waals surface area contributed by atoms with Crippen molar-refractivity contribution >= 4 is 29.2 Å². The number of piperidine rings is 1. The van der Waals surface area contributed by atoms with Gasteiger partial charge in [0, 0.05) is 30.5 Å². The summed E-state index contributed by atoms with van der Waals surface area (Å²) in [6.45, 7) is 6.62. The molecule has 1 unspecified atom stereocenters. The van der Waals surface area contributed by atoms with Crippen LogP contribution in [0.5, 0.6) is 0 Å². The average molecular weight is 436 g/mol. The molecule has 1 fully saturated rings. The molecule has 2 heterocycles. The van der Waals surface area contributed by atoms with Crippen molar-refractivity contribution in [3.63, 3.8) is 0 Å². The maximum Gasteiger partial charge on any atom is 0.318 e. The van der Waals surface area contributed by atoms with Crippen LogP contribution in [0.1, 0.15) is 38.3 Å². The predicted molar refractivity (Wildman–Crippen MR) is 117 cm³/mol. The fraction of sp³-hybridized carbons (Fsp3) is 0.476. The van der Waals surface area contributed by atoms with Crippen molar-refractivity contribution in [3.05, 3.63) is 46.3 Å². The molecule has 29 heavy (non-hydrogen) atoms. The normalized spacial score (nSPS) is 16.4. The molecule has 0 aliphatic carbocycles. The highest BCUT2D eigenvalue weighted by atomic mass is 35.5. The molecular weight excluding hydrogens is 409 g/mol. The van der Waals surface area contributed by atoms with E-state index in [-0.39, 0.29) is 18.1 Å². The molecule has 2 amide bonds. The van der Waals surface area contributed by atoms with Gasteiger partial charge in [0.05, 0.1) is 28.0 Å². The molecule has 1 aliphatic heterocycles. The summed E-state index contributed by atoms with van der Waals surface area (Å²) in [5, 5.41) is 3.92. The molecule has 156 valence electrons. The fourth-order valence-electron chi connectivity index (χ4n) is 3.75. The van der Waals surface area contributed by atoms with Crippen LogP contribution in [-0.4, -0.2) is 58.5 Å². The summed E-state index contributed by atoms with van der Waals surface area (Å²) in [6.07, 6.45) is 6.84. The fourth-order valence-corrected chi connectivity index (χ4v) is 4.35. The molecule has 1 saturated heterocycles. The van der Waals surface area contributed by atoms with Crippen LogP contribution in [0, 0.1) is 0 Å². The minimum absolute atomic E-state index is 0.0697. The van der Waals surface area contributed by atoms with Gasteiger partial charge in [-0.1, -0.05) is 35.3 Å². The van der Waals surface area contributed by atoms with Gasteiger partial charge in [-0.2, -0.15) is 0 Å². The van der Waals surface area contributed by atoms with E-state index in [1.54, 1.807) is 18.6 Å². The highest BCUT2D eigenvalue weighted by Gasteiger charge is 2.27. The molecule has 0 bridgehead atoms. The molecule has 3 rings (SSSR count). The summed E-state index contributed by atoms with van der Waals surface area (Å²) in [5.74, 6) is 0. The lowest BCUT2D eigenvalue weighted by Gasteiger charge is -2.37. The van der Waals surface area contributed by atoms with Gasteiger partial charge in [-0.25, -0.2) is 4.79 Å². The maximum atomic E-state index is 12.9. The van der Waals surface area contributed by atoms with Crippen molar-refractivity contribution in [3.8, 4) is 11.3 Å². The van der Waals surface area contributed by atoms with Crippen molar-refractivity contribution in [1.82, 2.24) is 25.1 Å². The molecule has 0 saturated carbocycles.